The van der Waals surface area contributed by atoms with Crippen LogP contribution in [0.15, 0.2) is 59.1 Å². The third-order valence-electron chi connectivity index (χ3n) is 6.36. The molecule has 1 aromatic heterocycles. The Morgan fingerprint density at radius 3 is 2.45 bits per heavy atom. The fourth-order valence-corrected chi connectivity index (χ4v) is 4.53. The summed E-state index contributed by atoms with van der Waals surface area (Å²) in [6, 6.07) is 18.7. The van der Waals surface area contributed by atoms with Crippen LogP contribution in [0.3, 0.4) is 0 Å². The highest BCUT2D eigenvalue weighted by atomic mass is 79.9. The Balaban J connectivity index is 1.34. The largest absolute Gasteiger partial charge is 0.351 e. The summed E-state index contributed by atoms with van der Waals surface area (Å²) in [4.78, 5) is 12.6. The highest BCUT2D eigenvalue weighted by molar-refractivity contribution is 9.10. The van der Waals surface area contributed by atoms with Crippen LogP contribution in [0.4, 0.5) is 0 Å². The lowest BCUT2D eigenvalue weighted by atomic mass is 9.72. The number of nitrogens with one attached hydrogen (secondary N) is 2. The maximum atomic E-state index is 12.6. The molecular weight excluding hydrogens is 452 g/mol. The third kappa shape index (κ3) is 4.91. The van der Waals surface area contributed by atoms with Crippen LogP contribution in [-0.2, 0) is 23.4 Å². The minimum atomic E-state index is -0.0789. The lowest BCUT2D eigenvalue weighted by molar-refractivity contribution is -0.121. The van der Waals surface area contributed by atoms with Gasteiger partial charge in [-0.3, -0.25) is 14.8 Å². The maximum Gasteiger partial charge on any atom is 0.234 e. The monoisotopic (exact) mass is 480 g/mol. The van der Waals surface area contributed by atoms with Gasteiger partial charge in [0.25, 0.3) is 0 Å². The van der Waals surface area contributed by atoms with Crippen molar-refractivity contribution in [2.75, 3.05) is 6.54 Å². The molecule has 4 rings (SSSR count). The smallest absolute Gasteiger partial charge is 0.234 e. The van der Waals surface area contributed by atoms with Crippen molar-refractivity contribution in [3.05, 3.63) is 87.1 Å². The van der Waals surface area contributed by atoms with E-state index < -0.39 is 0 Å². The van der Waals surface area contributed by atoms with Gasteiger partial charge in [-0.2, -0.15) is 5.10 Å². The Morgan fingerprint density at radius 1 is 1.10 bits per heavy atom. The van der Waals surface area contributed by atoms with Crippen molar-refractivity contribution in [1.29, 1.82) is 0 Å². The Morgan fingerprint density at radius 2 is 1.81 bits per heavy atom. The molecule has 0 bridgehead atoms. The van der Waals surface area contributed by atoms with Gasteiger partial charge in [-0.05, 0) is 56.4 Å². The number of nitrogens with zero attached hydrogens (tertiary/aromatic N) is 2. The number of amides is 1. The highest BCUT2D eigenvalue weighted by Crippen LogP contribution is 2.41. The molecule has 2 N–H and O–H groups in total. The summed E-state index contributed by atoms with van der Waals surface area (Å²) >= 11 is 3.50. The van der Waals surface area contributed by atoms with E-state index in [1.54, 1.807) is 0 Å². The van der Waals surface area contributed by atoms with Crippen molar-refractivity contribution in [3.63, 3.8) is 0 Å². The summed E-state index contributed by atoms with van der Waals surface area (Å²) < 4.78 is 3.09. The number of carbonyl (C=O) groups is 1. The number of hydrogen-bond acceptors (Lipinski definition) is 3. The number of carbonyl (C=O) groups excluding carboxylic acids is 1. The first-order valence-electron chi connectivity index (χ1n) is 10.8. The summed E-state index contributed by atoms with van der Waals surface area (Å²) in [7, 11) is 0. The van der Waals surface area contributed by atoms with E-state index in [0.29, 0.717) is 13.1 Å². The summed E-state index contributed by atoms with van der Waals surface area (Å²) in [5.41, 5.74) is 5.54. The van der Waals surface area contributed by atoms with Gasteiger partial charge in [-0.15, -0.1) is 0 Å². The fourth-order valence-electron chi connectivity index (χ4n) is 4.27. The topological polar surface area (TPSA) is 59.0 Å². The van der Waals surface area contributed by atoms with Gasteiger partial charge in [0.15, 0.2) is 0 Å². The molecule has 0 aliphatic heterocycles. The van der Waals surface area contributed by atoms with E-state index in [0.717, 1.165) is 40.8 Å². The molecule has 1 aliphatic rings. The summed E-state index contributed by atoms with van der Waals surface area (Å²) in [5, 5.41) is 11.3. The molecule has 162 valence electrons. The standard InChI is InChI=1S/C25H29BrN4O/c1-18-23(19(2)30(29-18)17-20-7-4-3-5-8-20)15-27-24(31)16-28-25(13-6-14-25)21-9-11-22(26)12-10-21/h3-5,7-12,28H,6,13-17H2,1-2H3,(H,27,31). The zero-order valence-electron chi connectivity index (χ0n) is 18.1. The second-order valence-corrected chi connectivity index (χ2v) is 9.28. The Kier molecular flexibility index (Phi) is 6.58. The molecule has 1 saturated carbocycles. The summed E-state index contributed by atoms with van der Waals surface area (Å²) in [6.07, 6.45) is 3.31. The van der Waals surface area contributed by atoms with Gasteiger partial charge in [-0.25, -0.2) is 0 Å². The van der Waals surface area contributed by atoms with E-state index in [2.05, 4.69) is 75.0 Å². The van der Waals surface area contributed by atoms with Crippen molar-refractivity contribution < 1.29 is 4.79 Å². The molecule has 1 aliphatic carbocycles. The van der Waals surface area contributed by atoms with Crippen LogP contribution in [0, 0.1) is 13.8 Å². The van der Waals surface area contributed by atoms with Gasteiger partial charge in [0.1, 0.15) is 0 Å². The molecule has 6 heteroatoms. The molecule has 1 fully saturated rings. The first kappa shape index (κ1) is 21.8. The number of rotatable bonds is 8. The van der Waals surface area contributed by atoms with E-state index in [9.17, 15) is 4.79 Å². The zero-order chi connectivity index (χ0) is 21.8. The molecule has 3 aromatic rings. The van der Waals surface area contributed by atoms with Crippen LogP contribution < -0.4 is 10.6 Å². The highest BCUT2D eigenvalue weighted by Gasteiger charge is 2.38. The van der Waals surface area contributed by atoms with Gasteiger partial charge in [0.2, 0.25) is 5.91 Å². The molecule has 0 saturated heterocycles. The first-order chi connectivity index (χ1) is 15.0. The predicted octanol–water partition coefficient (Wildman–Crippen LogP) is 4.60. The number of aromatic nitrogens is 2. The second kappa shape index (κ2) is 9.37. The molecule has 2 aromatic carbocycles. The van der Waals surface area contributed by atoms with E-state index in [1.165, 1.54) is 17.5 Å². The summed E-state index contributed by atoms with van der Waals surface area (Å²) in [5.74, 6) is 0.0120. The number of benzene rings is 2. The summed E-state index contributed by atoms with van der Waals surface area (Å²) in [6.45, 7) is 5.62. The van der Waals surface area contributed by atoms with Gasteiger partial charge >= 0.3 is 0 Å². The maximum absolute atomic E-state index is 12.6. The van der Waals surface area contributed by atoms with Crippen LogP contribution in [0.25, 0.3) is 0 Å². The van der Waals surface area contributed by atoms with Crippen LogP contribution in [-0.4, -0.2) is 22.2 Å². The molecule has 1 heterocycles. The van der Waals surface area contributed by atoms with Crippen LogP contribution >= 0.6 is 15.9 Å². The Hall–Kier alpha value is -2.44. The number of halogens is 1. The molecule has 0 radical (unpaired) electrons. The van der Waals surface area contributed by atoms with Crippen molar-refractivity contribution in [2.24, 2.45) is 0 Å². The van der Waals surface area contributed by atoms with Crippen LogP contribution in [0.1, 0.15) is 47.3 Å². The van der Waals surface area contributed by atoms with Crippen LogP contribution in [0.5, 0.6) is 0 Å². The lowest BCUT2D eigenvalue weighted by Crippen LogP contribution is -2.51. The molecule has 31 heavy (non-hydrogen) atoms. The van der Waals surface area contributed by atoms with E-state index in [-0.39, 0.29) is 11.4 Å². The van der Waals surface area contributed by atoms with E-state index in [4.69, 9.17) is 0 Å². The molecule has 0 unspecified atom stereocenters. The number of hydrogen-bond donors (Lipinski definition) is 2. The lowest BCUT2D eigenvalue weighted by Gasteiger charge is -2.43. The van der Waals surface area contributed by atoms with Crippen molar-refractivity contribution in [1.82, 2.24) is 20.4 Å². The Labute approximate surface area is 192 Å². The fraction of sp³-hybridized carbons (Fsp3) is 0.360. The molecule has 0 spiro atoms. The normalized spacial score (nSPS) is 14.8. The Bertz CT molecular complexity index is 1040. The van der Waals surface area contributed by atoms with E-state index in [1.807, 2.05) is 29.8 Å². The van der Waals surface area contributed by atoms with Crippen molar-refractivity contribution in [3.8, 4) is 0 Å². The van der Waals surface area contributed by atoms with Gasteiger partial charge in [0.05, 0.1) is 18.8 Å². The average Bonchev–Trinajstić information content (AvgIpc) is 3.00. The second-order valence-electron chi connectivity index (χ2n) is 8.37. The third-order valence-corrected chi connectivity index (χ3v) is 6.89. The predicted molar refractivity (Wildman–Crippen MR) is 127 cm³/mol. The van der Waals surface area contributed by atoms with E-state index >= 15 is 0 Å². The van der Waals surface area contributed by atoms with Gasteiger partial charge < -0.3 is 5.32 Å². The quantitative estimate of drug-likeness (QED) is 0.495. The molecule has 1 amide bonds. The van der Waals surface area contributed by atoms with Gasteiger partial charge in [-0.1, -0.05) is 58.4 Å². The zero-order valence-corrected chi connectivity index (χ0v) is 19.7. The minimum absolute atomic E-state index is 0.0120. The van der Waals surface area contributed by atoms with Gasteiger partial charge in [0, 0.05) is 27.8 Å². The molecular formula is C25H29BrN4O. The SMILES string of the molecule is Cc1nn(Cc2ccccc2)c(C)c1CNC(=O)CNC1(c2ccc(Br)cc2)CCC1. The van der Waals surface area contributed by atoms with Crippen molar-refractivity contribution in [2.45, 2.75) is 51.7 Å². The molecule has 0 atom stereocenters. The molecule has 5 nitrogen and oxygen atoms in total. The van der Waals surface area contributed by atoms with Crippen molar-refractivity contribution >= 4 is 21.8 Å². The average molecular weight is 481 g/mol. The van der Waals surface area contributed by atoms with Crippen LogP contribution in [0.2, 0.25) is 0 Å². The minimum Gasteiger partial charge on any atom is -0.351 e. The first-order valence-corrected chi connectivity index (χ1v) is 11.6. The number of aryl methyl sites for hydroxylation is 1.